The lowest BCUT2D eigenvalue weighted by Crippen LogP contribution is -2.59. The Balaban J connectivity index is 1.58. The average Bonchev–Trinajstić information content (AvgIpc) is 2.96. The minimum atomic E-state index is -1.12. The number of ether oxygens (including phenoxy) is 1. The second kappa shape index (κ2) is 12.1. The zero-order valence-electron chi connectivity index (χ0n) is 22.4. The first-order valence-corrected chi connectivity index (χ1v) is 12.6. The van der Waals surface area contributed by atoms with E-state index in [1.807, 2.05) is 0 Å². The Labute approximate surface area is 231 Å². The van der Waals surface area contributed by atoms with Gasteiger partial charge in [0.05, 0.1) is 30.5 Å². The highest BCUT2D eigenvalue weighted by Crippen LogP contribution is 2.32. The first kappa shape index (κ1) is 28.4. The van der Waals surface area contributed by atoms with E-state index in [4.69, 9.17) is 14.0 Å². The van der Waals surface area contributed by atoms with Gasteiger partial charge in [-0.15, -0.1) is 0 Å². The summed E-state index contributed by atoms with van der Waals surface area (Å²) in [7, 11) is 2.04. The molecule has 1 aromatic heterocycles. The number of benzene rings is 1. The third kappa shape index (κ3) is 5.71. The number of nitrogens with one attached hydrogen (secondary N) is 2. The number of fused-ring (bicyclic) bond motifs is 1. The van der Waals surface area contributed by atoms with Crippen LogP contribution in [0, 0.1) is 0 Å². The molecule has 1 fully saturated rings. The third-order valence-electron chi connectivity index (χ3n) is 6.78. The van der Waals surface area contributed by atoms with Crippen LogP contribution in [-0.2, 0) is 20.7 Å². The predicted molar refractivity (Wildman–Crippen MR) is 143 cm³/mol. The maximum atomic E-state index is 13.2. The lowest BCUT2D eigenvalue weighted by molar-refractivity contribution is -0.153. The SMILES string of the molecule is C=C(NC1Cc2cccc(C(=O)O)c2OB1OC)C(NC(=O)N1CCN(CC)C(=O)C1=O)c1ccc(OC)cn1. The second-order valence-corrected chi connectivity index (χ2v) is 9.15. The van der Waals surface area contributed by atoms with E-state index in [1.165, 1.54) is 31.4 Å². The molecule has 0 bridgehead atoms. The molecule has 0 aliphatic carbocycles. The van der Waals surface area contributed by atoms with Gasteiger partial charge in [0, 0.05) is 32.4 Å². The number of amides is 4. The number of imide groups is 1. The number of hydrogen-bond donors (Lipinski definition) is 3. The number of carbonyl (C=O) groups is 4. The van der Waals surface area contributed by atoms with E-state index >= 15 is 0 Å². The average molecular weight is 551 g/mol. The van der Waals surface area contributed by atoms with Crippen LogP contribution in [0.15, 0.2) is 48.8 Å². The van der Waals surface area contributed by atoms with Crippen LogP contribution in [0.4, 0.5) is 4.79 Å². The molecule has 0 spiro atoms. The Morgan fingerprint density at radius 3 is 2.62 bits per heavy atom. The number of aromatic carboxylic acids is 1. The molecule has 2 atom stereocenters. The van der Waals surface area contributed by atoms with E-state index in [0.29, 0.717) is 35.7 Å². The fourth-order valence-electron chi connectivity index (χ4n) is 4.63. The van der Waals surface area contributed by atoms with Crippen LogP contribution in [0.5, 0.6) is 11.5 Å². The number of para-hydroxylation sites is 1. The number of carboxylic acid groups (broad SMARTS) is 1. The van der Waals surface area contributed by atoms with Crippen LogP contribution >= 0.6 is 0 Å². The van der Waals surface area contributed by atoms with Crippen LogP contribution in [0.1, 0.15) is 34.6 Å². The standard InChI is InChI=1S/C26H30BN5O8/c1-5-31-11-12-32(24(34)23(31)33)26(37)30-21(19-10-9-17(38-3)14-28-19)15(2)29-20-13-16-7-6-8-18(25(35)36)22(16)40-27(20)39-4/h6-10,14,20-21,29H,2,5,11-13H2,1,3-4H3,(H,30,37)(H,35,36). The third-order valence-corrected chi connectivity index (χ3v) is 6.78. The van der Waals surface area contributed by atoms with Crippen molar-refractivity contribution in [1.29, 1.82) is 0 Å². The Kier molecular flexibility index (Phi) is 8.58. The molecule has 2 aromatic rings. The van der Waals surface area contributed by atoms with Crippen molar-refractivity contribution in [2.24, 2.45) is 0 Å². The van der Waals surface area contributed by atoms with Crippen molar-refractivity contribution in [3.8, 4) is 11.5 Å². The molecule has 3 heterocycles. The van der Waals surface area contributed by atoms with Crippen LogP contribution < -0.4 is 20.0 Å². The van der Waals surface area contributed by atoms with E-state index in [0.717, 1.165) is 4.90 Å². The molecule has 2 aliphatic heterocycles. The lowest BCUT2D eigenvalue weighted by atomic mass is 9.71. The number of pyridine rings is 1. The Hall–Kier alpha value is -4.59. The zero-order chi connectivity index (χ0) is 29.0. The molecule has 3 N–H and O–H groups in total. The fraction of sp³-hybridized carbons (Fsp3) is 0.346. The van der Waals surface area contributed by atoms with Crippen LogP contribution in [-0.4, -0.2) is 90.6 Å². The lowest BCUT2D eigenvalue weighted by Gasteiger charge is -2.35. The van der Waals surface area contributed by atoms with Gasteiger partial charge in [-0.25, -0.2) is 9.59 Å². The Morgan fingerprint density at radius 2 is 2.00 bits per heavy atom. The summed E-state index contributed by atoms with van der Waals surface area (Å²) in [5.74, 6) is -2.60. The van der Waals surface area contributed by atoms with E-state index in [1.54, 1.807) is 31.2 Å². The summed E-state index contributed by atoms with van der Waals surface area (Å²) in [6.45, 7) is 6.50. The Bertz CT molecular complexity index is 1320. The summed E-state index contributed by atoms with van der Waals surface area (Å²) in [6.07, 6.45) is 1.80. The molecule has 2 unspecified atom stereocenters. The second-order valence-electron chi connectivity index (χ2n) is 9.15. The molecule has 40 heavy (non-hydrogen) atoms. The van der Waals surface area contributed by atoms with Gasteiger partial charge < -0.3 is 34.7 Å². The molecule has 13 nitrogen and oxygen atoms in total. The minimum absolute atomic E-state index is 0.0202. The van der Waals surface area contributed by atoms with Gasteiger partial charge in [0.15, 0.2) is 0 Å². The van der Waals surface area contributed by atoms with Crippen molar-refractivity contribution in [1.82, 2.24) is 25.4 Å². The summed E-state index contributed by atoms with van der Waals surface area (Å²) in [5.41, 5.74) is 1.36. The number of carbonyl (C=O) groups excluding carboxylic acids is 3. The molecule has 1 aromatic carbocycles. The monoisotopic (exact) mass is 551 g/mol. The van der Waals surface area contributed by atoms with Gasteiger partial charge in [-0.3, -0.25) is 19.5 Å². The highest BCUT2D eigenvalue weighted by Gasteiger charge is 2.41. The van der Waals surface area contributed by atoms with Gasteiger partial charge in [-0.05, 0) is 37.1 Å². The normalized spacial score (nSPS) is 17.5. The van der Waals surface area contributed by atoms with Crippen molar-refractivity contribution in [2.45, 2.75) is 25.3 Å². The number of methoxy groups -OCH3 is 1. The van der Waals surface area contributed by atoms with Gasteiger partial charge in [0.25, 0.3) is 0 Å². The summed E-state index contributed by atoms with van der Waals surface area (Å²) in [4.78, 5) is 56.5. The quantitative estimate of drug-likeness (QED) is 0.303. The van der Waals surface area contributed by atoms with Crippen LogP contribution in [0.25, 0.3) is 0 Å². The number of carboxylic acids is 1. The van der Waals surface area contributed by atoms with E-state index in [-0.39, 0.29) is 24.4 Å². The molecule has 210 valence electrons. The van der Waals surface area contributed by atoms with Gasteiger partial charge >= 0.3 is 30.9 Å². The topological polar surface area (TPSA) is 160 Å². The number of rotatable bonds is 9. The molecule has 1 saturated heterocycles. The largest absolute Gasteiger partial charge is 0.549 e. The molecule has 4 amide bonds. The summed E-state index contributed by atoms with van der Waals surface area (Å²) >= 11 is 0. The summed E-state index contributed by atoms with van der Waals surface area (Å²) in [6, 6.07) is 6.43. The van der Waals surface area contributed by atoms with Crippen molar-refractivity contribution in [3.05, 3.63) is 65.6 Å². The molecule has 0 saturated carbocycles. The maximum Gasteiger partial charge on any atom is 0.549 e. The number of urea groups is 1. The van der Waals surface area contributed by atoms with E-state index < -0.39 is 42.9 Å². The molecule has 0 radical (unpaired) electrons. The number of aromatic nitrogens is 1. The van der Waals surface area contributed by atoms with Crippen LogP contribution in [0.2, 0.25) is 0 Å². The number of nitrogens with zero attached hydrogens (tertiary/aromatic N) is 3. The molecular formula is C26H30BN5O8. The summed E-state index contributed by atoms with van der Waals surface area (Å²) in [5, 5.41) is 15.5. The van der Waals surface area contributed by atoms with Crippen LogP contribution in [0.3, 0.4) is 0 Å². The maximum absolute atomic E-state index is 13.2. The highest BCUT2D eigenvalue weighted by molar-refractivity contribution is 6.48. The van der Waals surface area contributed by atoms with Gasteiger partial charge in [0.1, 0.15) is 17.5 Å². The van der Waals surface area contributed by atoms with Crippen molar-refractivity contribution in [2.75, 3.05) is 33.9 Å². The van der Waals surface area contributed by atoms with Crippen molar-refractivity contribution in [3.63, 3.8) is 0 Å². The van der Waals surface area contributed by atoms with Gasteiger partial charge in [0.2, 0.25) is 0 Å². The molecular weight excluding hydrogens is 521 g/mol. The number of piperazine rings is 1. The summed E-state index contributed by atoms with van der Waals surface area (Å²) < 4.78 is 16.6. The fourth-order valence-corrected chi connectivity index (χ4v) is 4.63. The van der Waals surface area contributed by atoms with Gasteiger partial charge in [-0.1, -0.05) is 18.7 Å². The molecule has 14 heteroatoms. The van der Waals surface area contributed by atoms with Crippen molar-refractivity contribution >= 4 is 30.9 Å². The van der Waals surface area contributed by atoms with E-state index in [2.05, 4.69) is 22.2 Å². The van der Waals surface area contributed by atoms with Crippen molar-refractivity contribution < 1.29 is 38.3 Å². The van der Waals surface area contributed by atoms with E-state index in [9.17, 15) is 24.3 Å². The smallest absolute Gasteiger partial charge is 0.534 e. The number of likely N-dealkylation sites (N-methyl/N-ethyl adjacent to an activating group) is 1. The Morgan fingerprint density at radius 1 is 1.23 bits per heavy atom. The first-order chi connectivity index (χ1) is 19.2. The number of hydrogen-bond acceptors (Lipinski definition) is 9. The predicted octanol–water partition coefficient (Wildman–Crippen LogP) is 1.01. The van der Waals surface area contributed by atoms with Gasteiger partial charge in [-0.2, -0.15) is 0 Å². The molecule has 4 rings (SSSR count). The first-order valence-electron chi connectivity index (χ1n) is 12.6. The minimum Gasteiger partial charge on any atom is -0.534 e. The molecule has 2 aliphatic rings. The zero-order valence-corrected chi connectivity index (χ0v) is 22.4. The highest BCUT2D eigenvalue weighted by atomic mass is 16.6.